The molecule has 2 bridgehead atoms. The van der Waals surface area contributed by atoms with Gasteiger partial charge in [0.25, 0.3) is 5.91 Å². The molecule has 0 radical (unpaired) electrons. The van der Waals surface area contributed by atoms with E-state index < -0.39 is 33.8 Å². The van der Waals surface area contributed by atoms with Crippen LogP contribution in [0.1, 0.15) is 70.9 Å². The molecule has 2 aromatic carbocycles. The van der Waals surface area contributed by atoms with Crippen molar-refractivity contribution in [1.29, 1.82) is 0 Å². The Morgan fingerprint density at radius 3 is 2.32 bits per heavy atom. The summed E-state index contributed by atoms with van der Waals surface area (Å²) in [5.41, 5.74) is 1.14. The molecule has 41 heavy (non-hydrogen) atoms. The van der Waals surface area contributed by atoms with Gasteiger partial charge in [-0.2, -0.15) is 0 Å². The fourth-order valence-corrected chi connectivity index (χ4v) is 6.96. The highest BCUT2D eigenvalue weighted by atomic mass is 35.5. The summed E-state index contributed by atoms with van der Waals surface area (Å²) < 4.78 is 51.4. The van der Waals surface area contributed by atoms with Crippen molar-refractivity contribution in [1.82, 2.24) is 9.88 Å². The van der Waals surface area contributed by atoms with Crippen LogP contribution in [0.5, 0.6) is 0 Å². The van der Waals surface area contributed by atoms with Crippen LogP contribution >= 0.6 is 23.2 Å². The van der Waals surface area contributed by atoms with E-state index in [1.54, 1.807) is 18.2 Å². The van der Waals surface area contributed by atoms with Crippen LogP contribution in [0, 0.1) is 5.82 Å². The van der Waals surface area contributed by atoms with Gasteiger partial charge in [-0.3, -0.25) is 4.79 Å². The molecule has 1 aliphatic carbocycles. The van der Waals surface area contributed by atoms with E-state index >= 15 is 4.39 Å². The third-order valence-corrected chi connectivity index (χ3v) is 8.99. The van der Waals surface area contributed by atoms with Crippen molar-refractivity contribution in [3.63, 3.8) is 0 Å². The Kier molecular flexibility index (Phi) is 7.24. The summed E-state index contributed by atoms with van der Waals surface area (Å²) in [6.07, 6.45) is 4.77. The second kappa shape index (κ2) is 10.6. The molecule has 6 rings (SSSR count). The van der Waals surface area contributed by atoms with Gasteiger partial charge < -0.3 is 14.2 Å². The quantitative estimate of drug-likeness (QED) is 0.333. The molecule has 13 heteroatoms. The van der Waals surface area contributed by atoms with Gasteiger partial charge in [-0.25, -0.2) is 22.3 Å². The number of nitrogens with zero attached hydrogens (tertiary/aromatic N) is 2. The molecule has 2 aliphatic heterocycles. The first-order valence-electron chi connectivity index (χ1n) is 13.2. The number of hydrogen-bond donors (Lipinski definition) is 1. The number of fused-ring (bicyclic) bond motifs is 2. The van der Waals surface area contributed by atoms with Gasteiger partial charge in [-0.1, -0.05) is 34.4 Å². The normalized spacial score (nSPS) is 22.0. The number of benzene rings is 2. The predicted octanol–water partition coefficient (Wildman–Crippen LogP) is 5.71. The molecule has 1 saturated carbocycles. The molecule has 3 aromatic rings. The third kappa shape index (κ3) is 5.54. The van der Waals surface area contributed by atoms with Gasteiger partial charge in [0.2, 0.25) is 10.0 Å². The zero-order valence-corrected chi connectivity index (χ0v) is 24.2. The van der Waals surface area contributed by atoms with Gasteiger partial charge in [0.1, 0.15) is 23.2 Å². The predicted molar refractivity (Wildman–Crippen MR) is 150 cm³/mol. The van der Waals surface area contributed by atoms with Crippen molar-refractivity contribution in [3.05, 3.63) is 69.1 Å². The molecular weight excluding hydrogens is 596 g/mol. The number of halogens is 3. The fraction of sp³-hybridized carbons (Fsp3) is 0.393. The number of piperidine rings is 1. The molecule has 3 fully saturated rings. The maximum absolute atomic E-state index is 15.2. The molecule has 1 amide bonds. The summed E-state index contributed by atoms with van der Waals surface area (Å²) in [5, 5.41) is 4.86. The van der Waals surface area contributed by atoms with Crippen molar-refractivity contribution >= 4 is 50.8 Å². The summed E-state index contributed by atoms with van der Waals surface area (Å²) in [4.78, 5) is 27.8. The van der Waals surface area contributed by atoms with Crippen molar-refractivity contribution in [3.8, 4) is 11.3 Å². The van der Waals surface area contributed by atoms with E-state index in [1.165, 1.54) is 12.1 Å². The third-order valence-electron chi connectivity index (χ3n) is 7.80. The largest absolute Gasteiger partial charge is 0.458 e. The monoisotopic (exact) mass is 621 g/mol. The Morgan fingerprint density at radius 2 is 1.73 bits per heavy atom. The van der Waals surface area contributed by atoms with Crippen LogP contribution in [-0.2, 0) is 14.8 Å². The lowest BCUT2D eigenvalue weighted by Gasteiger charge is -2.40. The molecule has 9 nitrogen and oxygen atoms in total. The van der Waals surface area contributed by atoms with Crippen LogP contribution in [0.2, 0.25) is 10.0 Å². The van der Waals surface area contributed by atoms with Crippen molar-refractivity contribution in [2.75, 3.05) is 11.2 Å². The molecule has 0 spiro atoms. The topological polar surface area (TPSA) is 119 Å². The van der Waals surface area contributed by atoms with E-state index in [4.69, 9.17) is 32.5 Å². The van der Waals surface area contributed by atoms with E-state index in [-0.39, 0.29) is 34.8 Å². The molecule has 3 atom stereocenters. The lowest BCUT2D eigenvalue weighted by molar-refractivity contribution is 0.0202. The second-order valence-electron chi connectivity index (χ2n) is 10.8. The maximum atomic E-state index is 15.2. The number of rotatable bonds is 7. The number of nitrogens with one attached hydrogen (secondary N) is 1. The van der Waals surface area contributed by atoms with Crippen molar-refractivity contribution < 1.29 is 31.7 Å². The van der Waals surface area contributed by atoms with Gasteiger partial charge in [0, 0.05) is 42.0 Å². The minimum atomic E-state index is -3.78. The lowest BCUT2D eigenvalue weighted by Crippen LogP contribution is -2.46. The smallest absolute Gasteiger partial charge is 0.344 e. The number of anilines is 1. The summed E-state index contributed by atoms with van der Waals surface area (Å²) in [6.45, 7) is 0. The molecule has 0 unspecified atom stereocenters. The summed E-state index contributed by atoms with van der Waals surface area (Å²) >= 11 is 12.8. The average molecular weight is 623 g/mol. The molecule has 1 N–H and O–H groups in total. The highest BCUT2D eigenvalue weighted by Gasteiger charge is 2.44. The van der Waals surface area contributed by atoms with Crippen molar-refractivity contribution in [2.24, 2.45) is 0 Å². The first-order valence-corrected chi connectivity index (χ1v) is 15.9. The van der Waals surface area contributed by atoms with Gasteiger partial charge in [-0.05, 0) is 56.0 Å². The minimum Gasteiger partial charge on any atom is -0.458 e. The second-order valence-corrected chi connectivity index (χ2v) is 13.4. The lowest BCUT2D eigenvalue weighted by atomic mass is 9.98. The van der Waals surface area contributed by atoms with E-state index in [0.717, 1.165) is 38.0 Å². The van der Waals surface area contributed by atoms with Crippen molar-refractivity contribution in [2.45, 2.75) is 62.6 Å². The molecule has 2 saturated heterocycles. The van der Waals surface area contributed by atoms with Gasteiger partial charge in [0.15, 0.2) is 5.76 Å². The highest BCUT2D eigenvalue weighted by molar-refractivity contribution is 7.89. The van der Waals surface area contributed by atoms with E-state index in [1.807, 2.05) is 9.62 Å². The molecule has 216 valence electrons. The van der Waals surface area contributed by atoms with Gasteiger partial charge >= 0.3 is 5.97 Å². The Morgan fingerprint density at radius 1 is 1.07 bits per heavy atom. The maximum Gasteiger partial charge on any atom is 0.344 e. The highest BCUT2D eigenvalue weighted by Crippen LogP contribution is 2.47. The summed E-state index contributed by atoms with van der Waals surface area (Å²) in [7, 11) is -3.78. The minimum absolute atomic E-state index is 0.0837. The Labute approximate surface area is 246 Å². The van der Waals surface area contributed by atoms with Crippen LogP contribution in [0.25, 0.3) is 11.3 Å². The fourth-order valence-electron chi connectivity index (χ4n) is 5.93. The van der Waals surface area contributed by atoms with E-state index in [9.17, 15) is 18.0 Å². The van der Waals surface area contributed by atoms with E-state index in [0.29, 0.717) is 39.9 Å². The number of ether oxygens (including phenoxy) is 1. The number of aromatic nitrogens is 1. The number of amides is 1. The molecule has 1 aromatic heterocycles. The number of esters is 1. The number of carbonyl (C=O) groups excluding carboxylic acids is 2. The number of hydrogen-bond acceptors (Lipinski definition) is 8. The first-order chi connectivity index (χ1) is 19.5. The SMILES string of the molecule is CS(=O)(=O)NC(=O)c1ccc(N2[C@@H]3CC[C@H]2C[C@@H](OC(=O)c2c(-c4c(Cl)cccc4Cl)noc2C2CC2)C3)c(F)c1. The van der Waals surface area contributed by atoms with Crippen LogP contribution in [0.15, 0.2) is 40.9 Å². The Bertz CT molecular complexity index is 1620. The molecule has 3 aliphatic rings. The van der Waals surface area contributed by atoms with Gasteiger partial charge in [-0.15, -0.1) is 0 Å². The zero-order chi connectivity index (χ0) is 29.1. The zero-order valence-electron chi connectivity index (χ0n) is 21.9. The molecule has 3 heterocycles. The van der Waals surface area contributed by atoms with Crippen LogP contribution in [-0.4, -0.2) is 49.9 Å². The summed E-state index contributed by atoms with van der Waals surface area (Å²) in [5.74, 6) is -1.52. The summed E-state index contributed by atoms with van der Waals surface area (Å²) in [6, 6.07) is 8.80. The first kappa shape index (κ1) is 28.0. The molecular formula is C28H26Cl2FN3O6S. The number of sulfonamides is 1. The van der Waals surface area contributed by atoms with E-state index in [2.05, 4.69) is 5.16 Å². The Balaban J connectivity index is 1.21. The standard InChI is InChI=1S/C28H26Cl2FN3O6S/c1-41(37,38)33-27(35)15-7-10-22(21(31)11-15)34-16-8-9-17(34)13-18(12-16)39-28(36)24-25(32-40-26(24)14-5-6-14)23-19(29)3-2-4-20(23)30/h2-4,7,10-11,14,16-18H,5-6,8-9,12-13H2,1H3,(H,33,35)/t16-,17+,18+. The Hall–Kier alpha value is -3.15. The van der Waals surface area contributed by atoms with Gasteiger partial charge in [0.05, 0.1) is 22.0 Å². The van der Waals surface area contributed by atoms with Crippen LogP contribution < -0.4 is 9.62 Å². The average Bonchev–Trinajstić information content (AvgIpc) is 3.59. The number of carbonyl (C=O) groups is 2. The van der Waals surface area contributed by atoms with Crippen LogP contribution in [0.4, 0.5) is 10.1 Å². The van der Waals surface area contributed by atoms with Crippen LogP contribution in [0.3, 0.4) is 0 Å².